The van der Waals surface area contributed by atoms with E-state index < -0.39 is 136 Å². The highest BCUT2D eigenvalue weighted by molar-refractivity contribution is 7.91. The molecule has 434 valence electrons. The Kier molecular flexibility index (Phi) is 20.8. The van der Waals surface area contributed by atoms with E-state index in [2.05, 4.69) is 10.3 Å². The third-order valence-corrected chi connectivity index (χ3v) is 19.5. The molecule has 1 saturated carbocycles. The zero-order valence-electron chi connectivity index (χ0n) is 47.5. The van der Waals surface area contributed by atoms with E-state index >= 15 is 0 Å². The number of likely N-dealkylation sites (N-methyl/N-ethyl adjacent to an activating group) is 2. The van der Waals surface area contributed by atoms with Crippen molar-refractivity contribution in [3.63, 3.8) is 0 Å². The number of nitrogens with zero attached hydrogens (tertiary/aromatic N) is 5. The Morgan fingerprint density at radius 1 is 0.974 bits per heavy atom. The van der Waals surface area contributed by atoms with Crippen LogP contribution < -0.4 is 0 Å². The number of rotatable bonds is 17. The number of aliphatic hydroxyl groups is 5. The van der Waals surface area contributed by atoms with Gasteiger partial charge in [0.15, 0.2) is 16.1 Å². The lowest BCUT2D eigenvalue weighted by molar-refractivity contribution is -0.302. The number of hydrogen-bond acceptors (Lipinski definition) is 18. The highest BCUT2D eigenvalue weighted by atomic mass is 32.2. The van der Waals surface area contributed by atoms with Crippen molar-refractivity contribution in [2.45, 2.75) is 215 Å². The average Bonchev–Trinajstić information content (AvgIpc) is 4.05. The monoisotopic (exact) mass is 1100 g/mol. The molecule has 19 nitrogen and oxygen atoms in total. The lowest BCUT2D eigenvalue weighted by atomic mass is 9.68. The lowest BCUT2D eigenvalue weighted by Crippen LogP contribution is -2.62. The molecule has 0 amide bonds. The summed E-state index contributed by atoms with van der Waals surface area (Å²) < 4.78 is 80.1. The maximum atomic E-state index is 14.9. The number of aliphatic hydroxyl groups excluding tert-OH is 3. The number of carbonyl (C=O) groups is 1. The SMILES string of the molecule is CC[C@H]1OC(=O)[C@H](C)[C@@H](C2C[C@@](C)(OC)[C@@H](O)[C@H](C)O2)[C@H](C)[C@@H](O[C@@H]2O[C@H](C)C[C@H](N(C)CCc3cn([C@H](CF)[C@H](OC)c4ccc(S(=O)(=O)CC5CC5)cc4)nn3)[C@H]2O)[C@](C)(O)C[C@@H](C)CN(C)[C@H](C)[C@@H](O)[C@]1(C)O. The summed E-state index contributed by atoms with van der Waals surface area (Å²) in [6, 6.07) is 4.39. The molecule has 4 heterocycles. The molecule has 3 aliphatic heterocycles. The molecular weight excluding hydrogens is 1010 g/mol. The van der Waals surface area contributed by atoms with Crippen LogP contribution in [-0.2, 0) is 49.5 Å². The molecule has 1 aromatic carbocycles. The first-order valence-electron chi connectivity index (χ1n) is 27.5. The van der Waals surface area contributed by atoms with E-state index in [1.54, 1.807) is 72.0 Å². The fourth-order valence-electron chi connectivity index (χ4n) is 12.6. The number of benzene rings is 1. The van der Waals surface area contributed by atoms with Gasteiger partial charge in [0.1, 0.15) is 48.8 Å². The lowest BCUT2D eigenvalue weighted by Gasteiger charge is -2.51. The first-order valence-corrected chi connectivity index (χ1v) is 29.1. The second-order valence-corrected chi connectivity index (χ2v) is 25.9. The summed E-state index contributed by atoms with van der Waals surface area (Å²) in [7, 11) is 3.25. The van der Waals surface area contributed by atoms with Crippen molar-refractivity contribution in [3.8, 4) is 0 Å². The van der Waals surface area contributed by atoms with Crippen LogP contribution >= 0.6 is 0 Å². The molecule has 0 bridgehead atoms. The molecule has 0 spiro atoms. The molecular formula is C55H92FN5O14S. The number of cyclic esters (lactones) is 1. The molecule has 3 saturated heterocycles. The van der Waals surface area contributed by atoms with Gasteiger partial charge < -0.3 is 63.8 Å². The summed E-state index contributed by atoms with van der Waals surface area (Å²) in [6.45, 7) is 17.7. The minimum absolute atomic E-state index is 0.117. The van der Waals surface area contributed by atoms with Gasteiger partial charge in [0.25, 0.3) is 0 Å². The maximum absolute atomic E-state index is 14.9. The van der Waals surface area contributed by atoms with Gasteiger partial charge in [0.2, 0.25) is 0 Å². The number of hydrogen-bond donors (Lipinski definition) is 5. The Labute approximate surface area is 451 Å². The normalized spacial score (nSPS) is 39.8. The van der Waals surface area contributed by atoms with Crippen molar-refractivity contribution < 1.29 is 71.6 Å². The predicted octanol–water partition coefficient (Wildman–Crippen LogP) is 4.46. The summed E-state index contributed by atoms with van der Waals surface area (Å²) in [5.41, 5.74) is -3.40. The van der Waals surface area contributed by atoms with E-state index in [9.17, 15) is 43.1 Å². The highest BCUT2D eigenvalue weighted by Crippen LogP contribution is 2.45. The second kappa shape index (κ2) is 25.4. The molecule has 0 radical (unpaired) electrons. The standard InChI is InChI=1S/C55H92FN5O14S/c1-15-44-55(10,67)48(63)35(6)60(12)28-31(2)25-53(8,66)50(33(4)45(34(5)51(65)74-44)43-26-54(9,71-14)49(64)36(7)73-43)75-52-46(62)41(24-32(3)72-52)59(11)23-22-39-29-61(58-57-39)42(27-56)47(70-13)38-18-20-40(21-19-38)76(68,69)30-37-16-17-37/h18-21,29,31-37,41-50,52,62-64,66-67H,15-17,22-28,30H2,1-14H3/t31-,32-,33+,34-,35-,36+,41+,42-,43?,44-,45+,46-,47-,48-,49+,50-,52+,53-,54-,55-/m1/s1. The van der Waals surface area contributed by atoms with E-state index in [0.717, 1.165) is 12.8 Å². The summed E-state index contributed by atoms with van der Waals surface area (Å²) in [5, 5.41) is 68.9. The van der Waals surface area contributed by atoms with Crippen molar-refractivity contribution >= 4 is 15.8 Å². The Balaban J connectivity index is 1.26. The molecule has 4 aliphatic rings. The van der Waals surface area contributed by atoms with E-state index in [-0.39, 0.29) is 41.7 Å². The number of methoxy groups -OCH3 is 2. The minimum atomic E-state index is -3.43. The van der Waals surface area contributed by atoms with Gasteiger partial charge in [0, 0.05) is 64.3 Å². The zero-order chi connectivity index (χ0) is 56.4. The van der Waals surface area contributed by atoms with Crippen LogP contribution in [0.2, 0.25) is 0 Å². The van der Waals surface area contributed by atoms with Crippen LogP contribution in [0.5, 0.6) is 0 Å². The van der Waals surface area contributed by atoms with E-state index in [0.29, 0.717) is 37.2 Å². The second-order valence-electron chi connectivity index (χ2n) is 23.9. The van der Waals surface area contributed by atoms with Gasteiger partial charge in [-0.05, 0) is 123 Å². The number of carbonyl (C=O) groups excluding carboxylic acids is 1. The molecule has 1 aromatic heterocycles. The quantitative estimate of drug-likeness (QED) is 0.137. The fraction of sp³-hybridized carbons (Fsp3) is 0.836. The van der Waals surface area contributed by atoms with Gasteiger partial charge in [-0.1, -0.05) is 45.0 Å². The molecule has 1 aliphatic carbocycles. The first kappa shape index (κ1) is 62.4. The third kappa shape index (κ3) is 14.0. The molecule has 1 unspecified atom stereocenters. The fourth-order valence-corrected chi connectivity index (χ4v) is 14.3. The molecule has 5 N–H and O–H groups in total. The van der Waals surface area contributed by atoms with Crippen LogP contribution in [0.25, 0.3) is 0 Å². The Morgan fingerprint density at radius 2 is 1.63 bits per heavy atom. The van der Waals surface area contributed by atoms with Crippen LogP contribution in [0.4, 0.5) is 4.39 Å². The van der Waals surface area contributed by atoms with Gasteiger partial charge in [-0.25, -0.2) is 17.5 Å². The van der Waals surface area contributed by atoms with Crippen molar-refractivity contribution in [2.24, 2.45) is 29.6 Å². The van der Waals surface area contributed by atoms with Crippen molar-refractivity contribution in [1.29, 1.82) is 0 Å². The number of aromatic nitrogens is 3. The van der Waals surface area contributed by atoms with Crippen LogP contribution in [0.3, 0.4) is 0 Å². The molecule has 4 fully saturated rings. The smallest absolute Gasteiger partial charge is 0.309 e. The van der Waals surface area contributed by atoms with Gasteiger partial charge in [0.05, 0.1) is 57.9 Å². The Bertz CT molecular complexity index is 2290. The van der Waals surface area contributed by atoms with Crippen molar-refractivity contribution in [1.82, 2.24) is 24.8 Å². The molecule has 2 aromatic rings. The number of esters is 1. The third-order valence-electron chi connectivity index (χ3n) is 17.6. The summed E-state index contributed by atoms with van der Waals surface area (Å²) in [4.78, 5) is 18.8. The average molecular weight is 1100 g/mol. The van der Waals surface area contributed by atoms with Crippen LogP contribution in [0.15, 0.2) is 35.4 Å². The molecule has 20 atom stereocenters. The molecule has 6 rings (SSSR count). The van der Waals surface area contributed by atoms with Gasteiger partial charge in [-0.3, -0.25) is 4.79 Å². The number of ether oxygens (including phenoxy) is 6. The number of halogens is 1. The minimum Gasteiger partial charge on any atom is -0.459 e. The predicted molar refractivity (Wildman–Crippen MR) is 281 cm³/mol. The number of alkyl halides is 1. The van der Waals surface area contributed by atoms with Crippen molar-refractivity contribution in [3.05, 3.63) is 41.7 Å². The van der Waals surface area contributed by atoms with Crippen LogP contribution in [0.1, 0.15) is 131 Å². The summed E-state index contributed by atoms with van der Waals surface area (Å²) in [5.74, 6) is -3.01. The Morgan fingerprint density at radius 3 is 2.22 bits per heavy atom. The van der Waals surface area contributed by atoms with E-state index in [1.165, 1.54) is 25.8 Å². The van der Waals surface area contributed by atoms with Gasteiger partial charge >= 0.3 is 5.97 Å². The molecule has 76 heavy (non-hydrogen) atoms. The maximum Gasteiger partial charge on any atom is 0.309 e. The van der Waals surface area contributed by atoms with Crippen molar-refractivity contribution in [2.75, 3.05) is 53.8 Å². The van der Waals surface area contributed by atoms with E-state index in [1.807, 2.05) is 44.7 Å². The van der Waals surface area contributed by atoms with Gasteiger partial charge in [-0.2, -0.15) is 0 Å². The van der Waals surface area contributed by atoms with E-state index in [4.69, 9.17) is 28.4 Å². The number of sulfone groups is 1. The highest BCUT2D eigenvalue weighted by Gasteiger charge is 2.55. The van der Waals surface area contributed by atoms with Gasteiger partial charge in [-0.15, -0.1) is 5.10 Å². The van der Waals surface area contributed by atoms with Crippen LogP contribution in [-0.4, -0.2) is 203 Å². The Hall–Kier alpha value is -2.77. The summed E-state index contributed by atoms with van der Waals surface area (Å²) in [6.07, 6.45) is -4.87. The summed E-state index contributed by atoms with van der Waals surface area (Å²) >= 11 is 0. The zero-order valence-corrected chi connectivity index (χ0v) is 48.3. The largest absolute Gasteiger partial charge is 0.459 e. The molecule has 21 heteroatoms. The first-order chi connectivity index (χ1) is 35.5. The topological polar surface area (TPSA) is 245 Å². The van der Waals surface area contributed by atoms with Crippen LogP contribution in [0, 0.1) is 29.6 Å².